The Kier molecular flexibility index (Phi) is 6.75. The Morgan fingerprint density at radius 2 is 1.57 bits per heavy atom. The van der Waals surface area contributed by atoms with E-state index in [1.54, 1.807) is 54.6 Å². The fourth-order valence-electron chi connectivity index (χ4n) is 2.80. The van der Waals surface area contributed by atoms with Crippen LogP contribution in [0.25, 0.3) is 0 Å². The lowest BCUT2D eigenvalue weighted by Gasteiger charge is -2.19. The summed E-state index contributed by atoms with van der Waals surface area (Å²) in [5.41, 5.74) is 0.461. The van der Waals surface area contributed by atoms with Gasteiger partial charge in [0.1, 0.15) is 17.4 Å². The zero-order valence-corrected chi connectivity index (χ0v) is 16.1. The van der Waals surface area contributed by atoms with Crippen LogP contribution in [0.4, 0.5) is 14.5 Å². The maximum atomic E-state index is 13.5. The zero-order valence-electron chi connectivity index (χ0n) is 16.1. The lowest BCUT2D eigenvalue weighted by atomic mass is 10.1. The Bertz CT molecular complexity index is 1020. The van der Waals surface area contributed by atoms with E-state index in [-0.39, 0.29) is 5.56 Å². The monoisotopic (exact) mass is 411 g/mol. The van der Waals surface area contributed by atoms with E-state index in [4.69, 9.17) is 9.47 Å². The van der Waals surface area contributed by atoms with Crippen molar-refractivity contribution >= 4 is 17.6 Å². The molecule has 30 heavy (non-hydrogen) atoms. The summed E-state index contributed by atoms with van der Waals surface area (Å²) in [6.07, 6.45) is -1.35. The number of amides is 1. The van der Waals surface area contributed by atoms with E-state index < -0.39 is 29.6 Å². The smallest absolute Gasteiger partial charge is 0.339 e. The molecule has 0 saturated carbocycles. The summed E-state index contributed by atoms with van der Waals surface area (Å²) in [6, 6.07) is 17.5. The second-order valence-electron chi connectivity index (χ2n) is 6.27. The van der Waals surface area contributed by atoms with Gasteiger partial charge in [0.2, 0.25) is 6.10 Å². The predicted octanol–water partition coefficient (Wildman–Crippen LogP) is 4.90. The fraction of sp³-hybridized carbons (Fsp3) is 0.130. The van der Waals surface area contributed by atoms with Gasteiger partial charge in [0, 0.05) is 11.6 Å². The van der Waals surface area contributed by atoms with Crippen molar-refractivity contribution in [2.45, 2.75) is 13.0 Å². The number of carbonyl (C=O) groups excluding carboxylic acids is 2. The minimum absolute atomic E-state index is 0.337. The minimum Gasteiger partial charge on any atom is -0.492 e. The van der Waals surface area contributed by atoms with E-state index in [9.17, 15) is 18.4 Å². The molecule has 0 spiro atoms. The first-order valence-electron chi connectivity index (χ1n) is 9.22. The van der Waals surface area contributed by atoms with E-state index >= 15 is 0 Å². The van der Waals surface area contributed by atoms with Crippen LogP contribution in [0.5, 0.6) is 5.75 Å². The van der Waals surface area contributed by atoms with Crippen LogP contribution in [0.2, 0.25) is 0 Å². The average molecular weight is 411 g/mol. The van der Waals surface area contributed by atoms with Crippen LogP contribution in [0.15, 0.2) is 72.8 Å². The molecule has 1 atom stereocenters. The Labute approximate surface area is 172 Å². The third kappa shape index (κ3) is 5.20. The SMILES string of the molecule is CCOc1ccccc1NC(=O)[C@H](OC(=O)c1cc(F)cc(F)c1)c1ccccc1. The van der Waals surface area contributed by atoms with Gasteiger partial charge in [-0.2, -0.15) is 0 Å². The molecule has 0 unspecified atom stereocenters. The molecule has 154 valence electrons. The van der Waals surface area contributed by atoms with Gasteiger partial charge >= 0.3 is 5.97 Å². The van der Waals surface area contributed by atoms with Crippen molar-refractivity contribution in [3.05, 3.63) is 95.6 Å². The first kappa shape index (κ1) is 21.0. The fourth-order valence-corrected chi connectivity index (χ4v) is 2.80. The van der Waals surface area contributed by atoms with Crippen molar-refractivity contribution in [3.63, 3.8) is 0 Å². The van der Waals surface area contributed by atoms with Crippen LogP contribution in [0.1, 0.15) is 28.9 Å². The first-order chi connectivity index (χ1) is 14.5. The van der Waals surface area contributed by atoms with E-state index in [2.05, 4.69) is 5.32 Å². The summed E-state index contributed by atoms with van der Waals surface area (Å²) in [5, 5.41) is 2.68. The lowest BCUT2D eigenvalue weighted by Crippen LogP contribution is -2.26. The number of carbonyl (C=O) groups is 2. The van der Waals surface area contributed by atoms with Crippen molar-refractivity contribution in [3.8, 4) is 5.75 Å². The van der Waals surface area contributed by atoms with E-state index in [0.29, 0.717) is 29.7 Å². The highest BCUT2D eigenvalue weighted by atomic mass is 19.1. The van der Waals surface area contributed by atoms with Crippen molar-refractivity contribution in [1.29, 1.82) is 0 Å². The number of halogens is 2. The summed E-state index contributed by atoms with van der Waals surface area (Å²) in [4.78, 5) is 25.5. The number of para-hydroxylation sites is 2. The number of hydrogen-bond donors (Lipinski definition) is 1. The van der Waals surface area contributed by atoms with Gasteiger partial charge in [0.15, 0.2) is 0 Å². The third-order valence-electron chi connectivity index (χ3n) is 4.11. The predicted molar refractivity (Wildman–Crippen MR) is 107 cm³/mol. The van der Waals surface area contributed by atoms with E-state index in [1.165, 1.54) is 0 Å². The quantitative estimate of drug-likeness (QED) is 0.562. The highest BCUT2D eigenvalue weighted by molar-refractivity contribution is 5.99. The lowest BCUT2D eigenvalue weighted by molar-refractivity contribution is -0.125. The van der Waals surface area contributed by atoms with Crippen LogP contribution in [-0.2, 0) is 9.53 Å². The van der Waals surface area contributed by atoms with Crippen molar-refractivity contribution < 1.29 is 27.8 Å². The van der Waals surface area contributed by atoms with Gasteiger partial charge in [-0.1, -0.05) is 42.5 Å². The highest BCUT2D eigenvalue weighted by Gasteiger charge is 2.27. The van der Waals surface area contributed by atoms with Gasteiger partial charge in [-0.15, -0.1) is 0 Å². The number of esters is 1. The van der Waals surface area contributed by atoms with Crippen LogP contribution >= 0.6 is 0 Å². The van der Waals surface area contributed by atoms with E-state index in [0.717, 1.165) is 12.1 Å². The molecule has 0 bridgehead atoms. The molecule has 0 radical (unpaired) electrons. The molecule has 0 aromatic heterocycles. The van der Waals surface area contributed by atoms with Gasteiger partial charge in [0.05, 0.1) is 17.9 Å². The molecule has 1 N–H and O–H groups in total. The van der Waals surface area contributed by atoms with Crippen LogP contribution in [0.3, 0.4) is 0 Å². The second kappa shape index (κ2) is 9.65. The molecule has 5 nitrogen and oxygen atoms in total. The number of ether oxygens (including phenoxy) is 2. The maximum Gasteiger partial charge on any atom is 0.339 e. The molecule has 3 aromatic rings. The van der Waals surface area contributed by atoms with Crippen molar-refractivity contribution in [1.82, 2.24) is 0 Å². The summed E-state index contributed by atoms with van der Waals surface area (Å²) < 4.78 is 37.8. The Morgan fingerprint density at radius 1 is 0.933 bits per heavy atom. The van der Waals surface area contributed by atoms with Gasteiger partial charge in [0.25, 0.3) is 5.91 Å². The summed E-state index contributed by atoms with van der Waals surface area (Å²) in [5.74, 6) is -3.06. The topological polar surface area (TPSA) is 64.6 Å². The van der Waals surface area contributed by atoms with E-state index in [1.807, 2.05) is 6.92 Å². The highest BCUT2D eigenvalue weighted by Crippen LogP contribution is 2.27. The molecule has 0 aliphatic heterocycles. The Balaban J connectivity index is 1.88. The molecule has 0 fully saturated rings. The summed E-state index contributed by atoms with van der Waals surface area (Å²) in [6.45, 7) is 2.21. The number of rotatable bonds is 7. The van der Waals surface area contributed by atoms with Crippen molar-refractivity contribution in [2.75, 3.05) is 11.9 Å². The largest absolute Gasteiger partial charge is 0.492 e. The molecule has 0 saturated heterocycles. The van der Waals surface area contributed by atoms with Gasteiger partial charge < -0.3 is 14.8 Å². The number of hydrogen-bond acceptors (Lipinski definition) is 4. The van der Waals surface area contributed by atoms with Gasteiger partial charge in [-0.25, -0.2) is 13.6 Å². The molecule has 0 aliphatic carbocycles. The molecule has 0 heterocycles. The van der Waals surface area contributed by atoms with Crippen molar-refractivity contribution in [2.24, 2.45) is 0 Å². The normalized spacial score (nSPS) is 11.4. The Morgan fingerprint density at radius 3 is 2.23 bits per heavy atom. The van der Waals surface area contributed by atoms with Crippen LogP contribution in [0, 0.1) is 11.6 Å². The van der Waals surface area contributed by atoms with Gasteiger partial charge in [-0.05, 0) is 31.2 Å². The standard InChI is InChI=1S/C23H19F2NO4/c1-2-29-20-11-7-6-10-19(20)26-22(27)21(15-8-4-3-5-9-15)30-23(28)16-12-17(24)14-18(25)13-16/h3-14,21H,2H2,1H3,(H,26,27)/t21-/m1/s1. The number of anilines is 1. The van der Waals surface area contributed by atoms with Crippen LogP contribution in [-0.4, -0.2) is 18.5 Å². The second-order valence-corrected chi connectivity index (χ2v) is 6.27. The minimum atomic E-state index is -1.35. The Hall–Kier alpha value is -3.74. The third-order valence-corrected chi connectivity index (χ3v) is 4.11. The molecule has 0 aliphatic rings. The van der Waals surface area contributed by atoms with Crippen LogP contribution < -0.4 is 10.1 Å². The zero-order chi connectivity index (χ0) is 21.5. The number of nitrogens with one attached hydrogen (secondary N) is 1. The molecular formula is C23H19F2NO4. The number of benzene rings is 3. The summed E-state index contributed by atoms with van der Waals surface area (Å²) >= 11 is 0. The molecule has 3 rings (SSSR count). The van der Waals surface area contributed by atoms with Gasteiger partial charge in [-0.3, -0.25) is 4.79 Å². The maximum absolute atomic E-state index is 13.5. The molecule has 1 amide bonds. The summed E-state index contributed by atoms with van der Waals surface area (Å²) in [7, 11) is 0. The first-order valence-corrected chi connectivity index (χ1v) is 9.22. The molecular weight excluding hydrogens is 392 g/mol. The molecule has 7 heteroatoms. The molecule has 3 aromatic carbocycles. The average Bonchev–Trinajstić information content (AvgIpc) is 2.73.